The van der Waals surface area contributed by atoms with E-state index in [4.69, 9.17) is 10.2 Å². The SMILES string of the molecule is Cc1ccccc1N1CC(C(=O)N(CCO)CCO)CC1=O. The van der Waals surface area contributed by atoms with E-state index >= 15 is 0 Å². The topological polar surface area (TPSA) is 81.1 Å². The van der Waals surface area contributed by atoms with Crippen LogP contribution in [0.4, 0.5) is 5.69 Å². The standard InChI is InChI=1S/C16H22N2O4/c1-12-4-2-3-5-14(12)18-11-13(10-15(18)21)16(22)17(6-8-19)7-9-20/h2-5,13,19-20H,6-11H2,1H3. The van der Waals surface area contributed by atoms with Crippen molar-refractivity contribution >= 4 is 17.5 Å². The number of carbonyl (C=O) groups excluding carboxylic acids is 2. The number of aliphatic hydroxyl groups excluding tert-OH is 2. The van der Waals surface area contributed by atoms with Crippen molar-refractivity contribution in [2.45, 2.75) is 13.3 Å². The lowest BCUT2D eigenvalue weighted by atomic mass is 10.1. The summed E-state index contributed by atoms with van der Waals surface area (Å²) >= 11 is 0. The van der Waals surface area contributed by atoms with Gasteiger partial charge in [-0.2, -0.15) is 0 Å². The van der Waals surface area contributed by atoms with Gasteiger partial charge in [0.05, 0.1) is 19.1 Å². The van der Waals surface area contributed by atoms with Gasteiger partial charge in [-0.25, -0.2) is 0 Å². The molecule has 2 N–H and O–H groups in total. The average molecular weight is 306 g/mol. The number of rotatable bonds is 6. The van der Waals surface area contributed by atoms with Crippen molar-refractivity contribution in [2.24, 2.45) is 5.92 Å². The number of aryl methyl sites for hydroxylation is 1. The summed E-state index contributed by atoms with van der Waals surface area (Å²) in [5.41, 5.74) is 1.82. The quantitative estimate of drug-likeness (QED) is 0.784. The maximum atomic E-state index is 12.5. The van der Waals surface area contributed by atoms with Crippen LogP contribution in [0.1, 0.15) is 12.0 Å². The molecule has 6 heteroatoms. The maximum absolute atomic E-state index is 12.5. The number of hydrogen-bond acceptors (Lipinski definition) is 4. The summed E-state index contributed by atoms with van der Waals surface area (Å²) in [6.07, 6.45) is 0.167. The first-order chi connectivity index (χ1) is 10.6. The number of amides is 2. The highest BCUT2D eigenvalue weighted by molar-refractivity contribution is 6.00. The van der Waals surface area contributed by atoms with Gasteiger partial charge in [0.2, 0.25) is 11.8 Å². The van der Waals surface area contributed by atoms with Crippen LogP contribution in [0.5, 0.6) is 0 Å². The number of aliphatic hydroxyl groups is 2. The van der Waals surface area contributed by atoms with E-state index < -0.39 is 5.92 Å². The molecule has 0 aromatic heterocycles. The van der Waals surface area contributed by atoms with Crippen molar-refractivity contribution in [3.05, 3.63) is 29.8 Å². The first-order valence-electron chi connectivity index (χ1n) is 7.45. The van der Waals surface area contributed by atoms with Gasteiger partial charge in [0.25, 0.3) is 0 Å². The van der Waals surface area contributed by atoms with Crippen LogP contribution in [-0.2, 0) is 9.59 Å². The van der Waals surface area contributed by atoms with Gasteiger partial charge in [0.1, 0.15) is 0 Å². The van der Waals surface area contributed by atoms with E-state index in [1.54, 1.807) is 4.90 Å². The fourth-order valence-corrected chi connectivity index (χ4v) is 2.80. The highest BCUT2D eigenvalue weighted by Gasteiger charge is 2.37. The molecule has 2 amide bonds. The number of nitrogens with zero attached hydrogens (tertiary/aromatic N) is 2. The first-order valence-corrected chi connectivity index (χ1v) is 7.45. The van der Waals surface area contributed by atoms with Gasteiger partial charge in [-0.3, -0.25) is 9.59 Å². The Morgan fingerprint density at radius 1 is 1.27 bits per heavy atom. The Bertz CT molecular complexity index is 541. The summed E-state index contributed by atoms with van der Waals surface area (Å²) in [6, 6.07) is 7.59. The smallest absolute Gasteiger partial charge is 0.228 e. The Morgan fingerprint density at radius 3 is 2.50 bits per heavy atom. The van der Waals surface area contributed by atoms with Crippen molar-refractivity contribution in [3.8, 4) is 0 Å². The largest absolute Gasteiger partial charge is 0.395 e. The lowest BCUT2D eigenvalue weighted by molar-refractivity contribution is -0.136. The fraction of sp³-hybridized carbons (Fsp3) is 0.500. The second-order valence-electron chi connectivity index (χ2n) is 5.46. The molecule has 2 rings (SSSR count). The van der Waals surface area contributed by atoms with Gasteiger partial charge in [0.15, 0.2) is 0 Å². The minimum Gasteiger partial charge on any atom is -0.395 e. The monoisotopic (exact) mass is 306 g/mol. The predicted molar refractivity (Wildman–Crippen MR) is 82.4 cm³/mol. The van der Waals surface area contributed by atoms with E-state index in [1.165, 1.54) is 4.90 Å². The molecule has 1 saturated heterocycles. The normalized spacial score (nSPS) is 17.9. The fourth-order valence-electron chi connectivity index (χ4n) is 2.80. The third-order valence-electron chi connectivity index (χ3n) is 3.93. The lowest BCUT2D eigenvalue weighted by Gasteiger charge is -2.24. The maximum Gasteiger partial charge on any atom is 0.228 e. The molecule has 120 valence electrons. The van der Waals surface area contributed by atoms with Crippen LogP contribution in [0.15, 0.2) is 24.3 Å². The second-order valence-corrected chi connectivity index (χ2v) is 5.46. The van der Waals surface area contributed by atoms with Crippen molar-refractivity contribution in [1.82, 2.24) is 4.90 Å². The summed E-state index contributed by atoms with van der Waals surface area (Å²) in [5.74, 6) is -0.682. The van der Waals surface area contributed by atoms with Crippen LogP contribution in [0, 0.1) is 12.8 Å². The second kappa shape index (κ2) is 7.38. The molecular formula is C16H22N2O4. The molecule has 0 bridgehead atoms. The van der Waals surface area contributed by atoms with Crippen molar-refractivity contribution in [1.29, 1.82) is 0 Å². The van der Waals surface area contributed by atoms with E-state index in [0.717, 1.165) is 11.3 Å². The Kier molecular flexibility index (Phi) is 5.51. The van der Waals surface area contributed by atoms with E-state index in [0.29, 0.717) is 6.54 Å². The zero-order valence-corrected chi connectivity index (χ0v) is 12.7. The van der Waals surface area contributed by atoms with Crippen LogP contribution in [-0.4, -0.2) is 59.8 Å². The Morgan fingerprint density at radius 2 is 1.91 bits per heavy atom. The summed E-state index contributed by atoms with van der Waals surface area (Å²) < 4.78 is 0. The Balaban J connectivity index is 2.11. The number of para-hydroxylation sites is 1. The van der Waals surface area contributed by atoms with E-state index in [9.17, 15) is 9.59 Å². The van der Waals surface area contributed by atoms with E-state index in [2.05, 4.69) is 0 Å². The van der Waals surface area contributed by atoms with Gasteiger partial charge in [0, 0.05) is 31.7 Å². The van der Waals surface area contributed by atoms with Gasteiger partial charge < -0.3 is 20.0 Å². The minimum atomic E-state index is -0.426. The van der Waals surface area contributed by atoms with E-state index in [1.807, 2.05) is 31.2 Å². The zero-order chi connectivity index (χ0) is 16.1. The number of carbonyl (C=O) groups is 2. The Labute approximate surface area is 130 Å². The lowest BCUT2D eigenvalue weighted by Crippen LogP contribution is -2.40. The van der Waals surface area contributed by atoms with Crippen LogP contribution in [0.3, 0.4) is 0 Å². The Hall–Kier alpha value is -1.92. The van der Waals surface area contributed by atoms with Crippen LogP contribution in [0.2, 0.25) is 0 Å². The molecule has 1 unspecified atom stereocenters. The molecule has 0 aliphatic carbocycles. The third-order valence-corrected chi connectivity index (χ3v) is 3.93. The van der Waals surface area contributed by atoms with E-state index in [-0.39, 0.29) is 44.5 Å². The molecule has 1 heterocycles. The minimum absolute atomic E-state index is 0.0689. The molecule has 22 heavy (non-hydrogen) atoms. The number of benzene rings is 1. The van der Waals surface area contributed by atoms with Crippen LogP contribution < -0.4 is 4.90 Å². The van der Waals surface area contributed by atoms with Crippen LogP contribution in [0.25, 0.3) is 0 Å². The third kappa shape index (κ3) is 3.45. The molecule has 1 aromatic rings. The van der Waals surface area contributed by atoms with Gasteiger partial charge in [-0.05, 0) is 18.6 Å². The van der Waals surface area contributed by atoms with Crippen molar-refractivity contribution in [2.75, 3.05) is 37.7 Å². The molecule has 1 aromatic carbocycles. The molecule has 1 atom stereocenters. The molecule has 6 nitrogen and oxygen atoms in total. The molecule has 0 spiro atoms. The van der Waals surface area contributed by atoms with Crippen molar-refractivity contribution in [3.63, 3.8) is 0 Å². The summed E-state index contributed by atoms with van der Waals surface area (Å²) in [4.78, 5) is 27.8. The number of hydrogen-bond donors (Lipinski definition) is 2. The molecule has 1 fully saturated rings. The summed E-state index contributed by atoms with van der Waals surface area (Å²) in [5, 5.41) is 18.0. The molecule has 0 radical (unpaired) electrons. The first kappa shape index (κ1) is 16.5. The average Bonchev–Trinajstić information content (AvgIpc) is 2.88. The predicted octanol–water partition coefficient (Wildman–Crippen LogP) is 0.161. The zero-order valence-electron chi connectivity index (χ0n) is 12.7. The van der Waals surface area contributed by atoms with Crippen LogP contribution >= 0.6 is 0 Å². The highest BCUT2D eigenvalue weighted by atomic mass is 16.3. The summed E-state index contributed by atoms with van der Waals surface area (Å²) in [7, 11) is 0. The van der Waals surface area contributed by atoms with Gasteiger partial charge in [-0.15, -0.1) is 0 Å². The molecule has 0 saturated carbocycles. The molecule has 1 aliphatic rings. The molecular weight excluding hydrogens is 284 g/mol. The number of anilines is 1. The highest BCUT2D eigenvalue weighted by Crippen LogP contribution is 2.28. The van der Waals surface area contributed by atoms with Gasteiger partial charge in [-0.1, -0.05) is 18.2 Å². The summed E-state index contributed by atoms with van der Waals surface area (Å²) in [6.45, 7) is 2.31. The van der Waals surface area contributed by atoms with Crippen molar-refractivity contribution < 1.29 is 19.8 Å². The molecule has 1 aliphatic heterocycles. The van der Waals surface area contributed by atoms with Gasteiger partial charge >= 0.3 is 0 Å².